The number of carbonyl (C=O) groups excluding carboxylic acids is 1. The number of amides is 1. The largest absolute Gasteiger partial charge is 0.433 e. The number of nitrogens with two attached hydrogens (primary N) is 1. The Morgan fingerprint density at radius 1 is 1.38 bits per heavy atom. The third kappa shape index (κ3) is 3.50. The molecule has 2 rings (SSSR count). The van der Waals surface area contributed by atoms with Gasteiger partial charge in [0.2, 0.25) is 0 Å². The summed E-state index contributed by atoms with van der Waals surface area (Å²) in [5.74, 6) is -1.08. The lowest BCUT2D eigenvalue weighted by Crippen LogP contribution is -2.18. The number of aryl methyl sites for hydroxylation is 1. The highest BCUT2D eigenvalue weighted by Gasteiger charge is 2.33. The number of rotatable bonds is 4. The van der Waals surface area contributed by atoms with Crippen LogP contribution in [0.1, 0.15) is 21.7 Å². The maximum atomic E-state index is 12.6. The van der Waals surface area contributed by atoms with Crippen LogP contribution in [0.25, 0.3) is 0 Å². The minimum Gasteiger partial charge on any atom is -0.365 e. The highest BCUT2D eigenvalue weighted by Crippen LogP contribution is 2.29. The number of anilines is 1. The Balaban J connectivity index is 2.28. The number of halogens is 3. The van der Waals surface area contributed by atoms with Crippen molar-refractivity contribution in [3.63, 3.8) is 0 Å². The van der Waals surface area contributed by atoms with Gasteiger partial charge in [-0.1, -0.05) is 0 Å². The van der Waals surface area contributed by atoms with E-state index in [1.165, 1.54) is 0 Å². The topological polar surface area (TPSA) is 85.8 Å². The summed E-state index contributed by atoms with van der Waals surface area (Å²) in [6.45, 7) is 0.120. The summed E-state index contributed by atoms with van der Waals surface area (Å²) in [4.78, 5) is 14.7. The molecule has 6 nitrogen and oxygen atoms in total. The van der Waals surface area contributed by atoms with E-state index in [0.717, 1.165) is 6.07 Å². The Morgan fingerprint density at radius 2 is 2.10 bits per heavy atom. The number of primary amides is 1. The number of alkyl halides is 3. The van der Waals surface area contributed by atoms with Gasteiger partial charge in [0.05, 0.1) is 17.8 Å². The smallest absolute Gasteiger partial charge is 0.365 e. The third-order valence-electron chi connectivity index (χ3n) is 2.66. The molecular weight excluding hydrogens is 287 g/mol. The number of pyridine rings is 1. The molecule has 2 aromatic heterocycles. The summed E-state index contributed by atoms with van der Waals surface area (Å²) in [7, 11) is 1.71. The lowest BCUT2D eigenvalue weighted by atomic mass is 10.2. The fourth-order valence-corrected chi connectivity index (χ4v) is 1.68. The number of hydrogen-bond donors (Lipinski definition) is 2. The molecule has 0 aliphatic carbocycles. The van der Waals surface area contributed by atoms with E-state index in [-0.39, 0.29) is 17.9 Å². The molecule has 1 amide bonds. The number of carbonyl (C=O) groups is 1. The molecule has 0 saturated carbocycles. The fourth-order valence-electron chi connectivity index (χ4n) is 1.68. The molecule has 0 saturated heterocycles. The molecule has 0 radical (unpaired) electrons. The van der Waals surface area contributed by atoms with Gasteiger partial charge in [-0.15, -0.1) is 0 Å². The van der Waals surface area contributed by atoms with Crippen LogP contribution in [0.5, 0.6) is 0 Å². The van der Waals surface area contributed by atoms with Crippen molar-refractivity contribution in [3.05, 3.63) is 41.3 Å². The van der Waals surface area contributed by atoms with E-state index in [0.29, 0.717) is 11.8 Å². The number of nitrogens with one attached hydrogen (secondary N) is 1. The predicted molar refractivity (Wildman–Crippen MR) is 68.3 cm³/mol. The van der Waals surface area contributed by atoms with Crippen LogP contribution in [0.4, 0.5) is 19.0 Å². The van der Waals surface area contributed by atoms with Crippen LogP contribution in [-0.2, 0) is 19.8 Å². The van der Waals surface area contributed by atoms with Crippen LogP contribution in [-0.4, -0.2) is 20.7 Å². The number of nitrogens with zero attached hydrogens (tertiary/aromatic N) is 3. The van der Waals surface area contributed by atoms with E-state index in [9.17, 15) is 18.0 Å². The number of hydrogen-bond acceptors (Lipinski definition) is 4. The maximum absolute atomic E-state index is 12.6. The second kappa shape index (κ2) is 5.43. The van der Waals surface area contributed by atoms with Crippen molar-refractivity contribution in [2.45, 2.75) is 12.7 Å². The lowest BCUT2D eigenvalue weighted by Gasteiger charge is -2.11. The average molecular weight is 299 g/mol. The molecule has 0 aliphatic heterocycles. The van der Waals surface area contributed by atoms with Gasteiger partial charge in [0, 0.05) is 13.2 Å². The fraction of sp³-hybridized carbons (Fsp3) is 0.250. The van der Waals surface area contributed by atoms with Gasteiger partial charge in [-0.2, -0.15) is 18.3 Å². The summed E-state index contributed by atoms with van der Waals surface area (Å²) in [5, 5.41) is 6.71. The summed E-state index contributed by atoms with van der Waals surface area (Å²) in [6, 6.07) is 3.40. The monoisotopic (exact) mass is 299 g/mol. The van der Waals surface area contributed by atoms with Crippen LogP contribution in [0.3, 0.4) is 0 Å². The van der Waals surface area contributed by atoms with Crippen molar-refractivity contribution in [1.29, 1.82) is 0 Å². The summed E-state index contributed by atoms with van der Waals surface area (Å²) in [6.07, 6.45) is -2.91. The molecule has 0 aliphatic rings. The van der Waals surface area contributed by atoms with Gasteiger partial charge in [0.25, 0.3) is 5.91 Å². The molecule has 3 N–H and O–H groups in total. The van der Waals surface area contributed by atoms with Crippen molar-refractivity contribution in [1.82, 2.24) is 14.8 Å². The minimum absolute atomic E-state index is 0.112. The van der Waals surface area contributed by atoms with E-state index in [2.05, 4.69) is 15.4 Å². The zero-order valence-corrected chi connectivity index (χ0v) is 11.0. The SMILES string of the molecule is Cn1ccc(CNc2nc(C(F)(F)F)ccc2C(N)=O)n1. The third-order valence-corrected chi connectivity index (χ3v) is 2.66. The Morgan fingerprint density at radius 3 is 2.62 bits per heavy atom. The molecule has 112 valence electrons. The Labute approximate surface area is 117 Å². The van der Waals surface area contributed by atoms with Gasteiger partial charge in [0.1, 0.15) is 11.5 Å². The van der Waals surface area contributed by atoms with E-state index in [4.69, 9.17) is 5.73 Å². The van der Waals surface area contributed by atoms with Gasteiger partial charge in [-0.05, 0) is 18.2 Å². The zero-order chi connectivity index (χ0) is 15.6. The predicted octanol–water partition coefficient (Wildman–Crippen LogP) is 1.54. The van der Waals surface area contributed by atoms with Gasteiger partial charge in [0.15, 0.2) is 0 Å². The average Bonchev–Trinajstić information content (AvgIpc) is 2.80. The van der Waals surface area contributed by atoms with Gasteiger partial charge in [-0.25, -0.2) is 4.98 Å². The summed E-state index contributed by atoms with van der Waals surface area (Å²) < 4.78 is 39.5. The first-order valence-electron chi connectivity index (χ1n) is 5.88. The van der Waals surface area contributed by atoms with Crippen LogP contribution in [0.15, 0.2) is 24.4 Å². The molecule has 0 aromatic carbocycles. The van der Waals surface area contributed by atoms with Gasteiger partial charge in [-0.3, -0.25) is 9.48 Å². The lowest BCUT2D eigenvalue weighted by molar-refractivity contribution is -0.141. The number of aromatic nitrogens is 3. The van der Waals surface area contributed by atoms with E-state index in [1.807, 2.05) is 0 Å². The van der Waals surface area contributed by atoms with E-state index >= 15 is 0 Å². The molecule has 2 heterocycles. The quantitative estimate of drug-likeness (QED) is 0.896. The molecule has 21 heavy (non-hydrogen) atoms. The Bertz CT molecular complexity index is 665. The molecule has 0 bridgehead atoms. The van der Waals surface area contributed by atoms with Crippen molar-refractivity contribution in [2.75, 3.05) is 5.32 Å². The molecule has 0 fully saturated rings. The van der Waals surface area contributed by atoms with Crippen molar-refractivity contribution >= 4 is 11.7 Å². The van der Waals surface area contributed by atoms with E-state index < -0.39 is 17.8 Å². The van der Waals surface area contributed by atoms with Crippen LogP contribution in [0, 0.1) is 0 Å². The first kappa shape index (κ1) is 14.8. The molecule has 0 atom stereocenters. The maximum Gasteiger partial charge on any atom is 0.433 e. The Hall–Kier alpha value is -2.58. The highest BCUT2D eigenvalue weighted by atomic mass is 19.4. The van der Waals surface area contributed by atoms with Crippen LogP contribution in [0.2, 0.25) is 0 Å². The van der Waals surface area contributed by atoms with E-state index in [1.54, 1.807) is 24.0 Å². The first-order chi connectivity index (χ1) is 9.77. The molecule has 0 unspecified atom stereocenters. The standard InChI is InChI=1S/C12H12F3N5O/c1-20-5-4-7(19-20)6-17-11-8(10(16)21)2-3-9(18-11)12(13,14)15/h2-5H,6H2,1H3,(H2,16,21)(H,17,18). The second-order valence-corrected chi connectivity index (χ2v) is 4.29. The van der Waals surface area contributed by atoms with Crippen molar-refractivity contribution in [2.24, 2.45) is 12.8 Å². The molecular formula is C12H12F3N5O. The summed E-state index contributed by atoms with van der Waals surface area (Å²) >= 11 is 0. The molecule has 9 heteroatoms. The zero-order valence-electron chi connectivity index (χ0n) is 11.0. The normalized spacial score (nSPS) is 11.4. The Kier molecular flexibility index (Phi) is 3.83. The van der Waals surface area contributed by atoms with Crippen LogP contribution >= 0.6 is 0 Å². The molecule has 2 aromatic rings. The van der Waals surface area contributed by atoms with Crippen molar-refractivity contribution < 1.29 is 18.0 Å². The van der Waals surface area contributed by atoms with Gasteiger partial charge >= 0.3 is 6.18 Å². The minimum atomic E-state index is -4.60. The van der Waals surface area contributed by atoms with Crippen molar-refractivity contribution in [3.8, 4) is 0 Å². The highest BCUT2D eigenvalue weighted by molar-refractivity contribution is 5.97. The second-order valence-electron chi connectivity index (χ2n) is 4.29. The molecule has 0 spiro atoms. The van der Waals surface area contributed by atoms with Crippen LogP contribution < -0.4 is 11.1 Å². The first-order valence-corrected chi connectivity index (χ1v) is 5.88. The van der Waals surface area contributed by atoms with Gasteiger partial charge < -0.3 is 11.1 Å². The summed E-state index contributed by atoms with van der Waals surface area (Å²) in [5.41, 5.74) is 4.50.